The predicted octanol–water partition coefficient (Wildman–Crippen LogP) is 7.23. The van der Waals surface area contributed by atoms with Crippen molar-refractivity contribution in [2.75, 3.05) is 6.54 Å². The van der Waals surface area contributed by atoms with Crippen LogP contribution in [0, 0.1) is 5.92 Å². The first-order valence-electron chi connectivity index (χ1n) is 11.0. The molecule has 0 radical (unpaired) electrons. The van der Waals surface area contributed by atoms with E-state index < -0.39 is 0 Å². The van der Waals surface area contributed by atoms with Crippen LogP contribution in [0.3, 0.4) is 0 Å². The molecule has 3 aromatic rings. The van der Waals surface area contributed by atoms with Crippen LogP contribution in [0.25, 0.3) is 0 Å². The van der Waals surface area contributed by atoms with Gasteiger partial charge in [-0.2, -0.15) is 4.58 Å². The maximum atomic E-state index is 6.55. The van der Waals surface area contributed by atoms with Crippen LogP contribution in [0.2, 0.25) is 5.02 Å². The Morgan fingerprint density at radius 1 is 0.833 bits per heavy atom. The number of benzene rings is 3. The Balaban J connectivity index is 1.89. The molecule has 0 N–H and O–H groups in total. The Morgan fingerprint density at radius 3 is 1.93 bits per heavy atom. The minimum Gasteiger partial charge on any atom is -0.199 e. The largest absolute Gasteiger partial charge is 0.209 e. The molecule has 1 aliphatic heterocycles. The van der Waals surface area contributed by atoms with Crippen LogP contribution in [0.1, 0.15) is 43.9 Å². The van der Waals surface area contributed by atoms with Gasteiger partial charge in [0.2, 0.25) is 5.69 Å². The summed E-state index contributed by atoms with van der Waals surface area (Å²) in [6.45, 7) is 7.98. The molecule has 0 aromatic heterocycles. The third kappa shape index (κ3) is 4.09. The zero-order chi connectivity index (χ0) is 21.1. The van der Waals surface area contributed by atoms with Gasteiger partial charge in [0.1, 0.15) is 6.54 Å². The van der Waals surface area contributed by atoms with Crippen LogP contribution in [0.5, 0.6) is 0 Å². The summed E-state index contributed by atoms with van der Waals surface area (Å²) in [7, 11) is 0. The van der Waals surface area contributed by atoms with Crippen LogP contribution in [0.4, 0.5) is 5.69 Å². The molecule has 0 atom stereocenters. The first-order chi connectivity index (χ1) is 14.5. The van der Waals surface area contributed by atoms with Gasteiger partial charge in [-0.15, -0.1) is 0 Å². The van der Waals surface area contributed by atoms with Crippen molar-refractivity contribution in [3.8, 4) is 0 Å². The molecular formula is C28H31ClN+. The highest BCUT2D eigenvalue weighted by Gasteiger charge is 2.50. The Hall–Kier alpha value is -2.38. The Labute approximate surface area is 186 Å². The second-order valence-corrected chi connectivity index (χ2v) is 9.42. The SMILES string of the molecule is CC1=[N+](CCC(C)C)c2ccc(Cl)cc2C1(Cc1ccccc1)Cc1ccccc1. The molecule has 2 heteroatoms. The monoisotopic (exact) mass is 416 g/mol. The van der Waals surface area contributed by atoms with E-state index >= 15 is 0 Å². The summed E-state index contributed by atoms with van der Waals surface area (Å²) in [6.07, 6.45) is 3.12. The van der Waals surface area contributed by atoms with Crippen LogP contribution in [-0.4, -0.2) is 16.8 Å². The zero-order valence-electron chi connectivity index (χ0n) is 18.2. The maximum absolute atomic E-state index is 6.55. The number of halogens is 1. The lowest BCUT2D eigenvalue weighted by molar-refractivity contribution is -0.440. The number of fused-ring (bicyclic) bond motifs is 1. The molecule has 30 heavy (non-hydrogen) atoms. The molecule has 1 aliphatic rings. The van der Waals surface area contributed by atoms with Crippen molar-refractivity contribution in [1.82, 2.24) is 0 Å². The van der Waals surface area contributed by atoms with E-state index in [1.54, 1.807) is 0 Å². The van der Waals surface area contributed by atoms with Crippen molar-refractivity contribution in [3.05, 3.63) is 101 Å². The van der Waals surface area contributed by atoms with Gasteiger partial charge in [-0.1, -0.05) is 86.1 Å². The third-order valence-corrected chi connectivity index (χ3v) is 6.73. The van der Waals surface area contributed by atoms with Crippen LogP contribution in [0.15, 0.2) is 78.9 Å². The lowest BCUT2D eigenvalue weighted by Gasteiger charge is -2.28. The van der Waals surface area contributed by atoms with Crippen molar-refractivity contribution < 1.29 is 4.58 Å². The fourth-order valence-electron chi connectivity index (χ4n) is 4.83. The number of nitrogens with zero attached hydrogens (tertiary/aromatic N) is 1. The molecule has 0 bridgehead atoms. The summed E-state index contributed by atoms with van der Waals surface area (Å²) >= 11 is 6.55. The van der Waals surface area contributed by atoms with Gasteiger partial charge in [0.05, 0.1) is 5.41 Å². The summed E-state index contributed by atoms with van der Waals surface area (Å²) in [4.78, 5) is 0. The van der Waals surface area contributed by atoms with E-state index in [-0.39, 0.29) is 5.41 Å². The molecule has 1 heterocycles. The van der Waals surface area contributed by atoms with Crippen molar-refractivity contribution in [2.45, 2.75) is 45.4 Å². The summed E-state index contributed by atoms with van der Waals surface area (Å²) in [5, 5.41) is 0.817. The maximum Gasteiger partial charge on any atom is 0.209 e. The van der Waals surface area contributed by atoms with E-state index in [4.69, 9.17) is 11.6 Å². The fourth-order valence-corrected chi connectivity index (χ4v) is 5.01. The number of hydrogen-bond donors (Lipinski definition) is 0. The van der Waals surface area contributed by atoms with Crippen LogP contribution >= 0.6 is 11.6 Å². The average molecular weight is 417 g/mol. The molecule has 154 valence electrons. The molecule has 0 amide bonds. The fraction of sp³-hybridized carbons (Fsp3) is 0.321. The highest BCUT2D eigenvalue weighted by Crippen LogP contribution is 2.45. The second-order valence-electron chi connectivity index (χ2n) is 8.99. The topological polar surface area (TPSA) is 3.01 Å². The molecule has 3 aromatic carbocycles. The quantitative estimate of drug-likeness (QED) is 0.357. The lowest BCUT2D eigenvalue weighted by atomic mass is 9.69. The molecular weight excluding hydrogens is 386 g/mol. The minimum atomic E-state index is -0.0973. The van der Waals surface area contributed by atoms with Gasteiger partial charge < -0.3 is 0 Å². The van der Waals surface area contributed by atoms with Gasteiger partial charge in [0, 0.05) is 30.0 Å². The molecule has 0 saturated carbocycles. The predicted molar refractivity (Wildman–Crippen MR) is 128 cm³/mol. The standard InChI is InChI=1S/C28H31ClN/c1-21(2)16-17-30-22(3)28(19-23-10-6-4-7-11-23,20-24-12-8-5-9-13-24)26-18-25(29)14-15-27(26)30/h4-15,18,21H,16-17,19-20H2,1-3H3/q+1. The molecule has 0 spiro atoms. The van der Waals surface area contributed by atoms with Crippen LogP contribution < -0.4 is 0 Å². The van der Waals surface area contributed by atoms with E-state index in [2.05, 4.69) is 98.1 Å². The Bertz CT molecular complexity index is 993. The van der Waals surface area contributed by atoms with Gasteiger partial charge in [-0.25, -0.2) is 0 Å². The van der Waals surface area contributed by atoms with E-state index in [0.29, 0.717) is 5.92 Å². The summed E-state index contributed by atoms with van der Waals surface area (Å²) in [6, 6.07) is 28.2. The van der Waals surface area contributed by atoms with Gasteiger partial charge in [0.25, 0.3) is 0 Å². The second kappa shape index (κ2) is 8.78. The summed E-state index contributed by atoms with van der Waals surface area (Å²) < 4.78 is 2.55. The summed E-state index contributed by atoms with van der Waals surface area (Å²) in [5.74, 6) is 0.673. The molecule has 0 saturated heterocycles. The van der Waals surface area contributed by atoms with Crippen LogP contribution in [-0.2, 0) is 18.3 Å². The minimum absolute atomic E-state index is 0.0973. The van der Waals surface area contributed by atoms with Gasteiger partial charge >= 0.3 is 0 Å². The molecule has 4 rings (SSSR count). The van der Waals surface area contributed by atoms with Gasteiger partial charge in [-0.05, 0) is 42.0 Å². The summed E-state index contributed by atoms with van der Waals surface area (Å²) in [5.41, 5.74) is 6.76. The van der Waals surface area contributed by atoms with E-state index in [9.17, 15) is 0 Å². The lowest BCUT2D eigenvalue weighted by Crippen LogP contribution is -2.38. The Morgan fingerprint density at radius 2 is 1.40 bits per heavy atom. The molecule has 1 nitrogen and oxygen atoms in total. The number of hydrogen-bond acceptors (Lipinski definition) is 0. The van der Waals surface area contributed by atoms with Crippen molar-refractivity contribution in [1.29, 1.82) is 0 Å². The smallest absolute Gasteiger partial charge is 0.199 e. The molecule has 0 unspecified atom stereocenters. The Kier molecular flexibility index (Phi) is 6.11. The number of rotatable bonds is 7. The zero-order valence-corrected chi connectivity index (χ0v) is 19.0. The first kappa shape index (κ1) is 20.9. The van der Waals surface area contributed by atoms with Gasteiger partial charge in [0.15, 0.2) is 5.71 Å². The van der Waals surface area contributed by atoms with Crippen molar-refractivity contribution in [3.63, 3.8) is 0 Å². The first-order valence-corrected chi connectivity index (χ1v) is 11.4. The van der Waals surface area contributed by atoms with E-state index in [1.165, 1.54) is 34.5 Å². The van der Waals surface area contributed by atoms with E-state index in [0.717, 1.165) is 24.4 Å². The highest BCUT2D eigenvalue weighted by atomic mass is 35.5. The van der Waals surface area contributed by atoms with Crippen molar-refractivity contribution >= 4 is 23.0 Å². The molecule has 0 aliphatic carbocycles. The van der Waals surface area contributed by atoms with Gasteiger partial charge in [-0.3, -0.25) is 0 Å². The third-order valence-electron chi connectivity index (χ3n) is 6.49. The normalized spacial score (nSPS) is 15.0. The van der Waals surface area contributed by atoms with E-state index in [1.807, 2.05) is 6.07 Å². The molecule has 0 fully saturated rings. The van der Waals surface area contributed by atoms with Crippen molar-refractivity contribution in [2.24, 2.45) is 5.92 Å². The highest BCUT2D eigenvalue weighted by molar-refractivity contribution is 6.30. The average Bonchev–Trinajstić information content (AvgIpc) is 2.95.